The lowest BCUT2D eigenvalue weighted by atomic mass is 10.2. The summed E-state index contributed by atoms with van der Waals surface area (Å²) in [5.41, 5.74) is 0.204. The number of quaternary nitrogens is 1. The van der Waals surface area contributed by atoms with Crippen LogP contribution in [-0.4, -0.2) is 19.0 Å². The molecule has 2 aromatic rings. The van der Waals surface area contributed by atoms with Crippen molar-refractivity contribution in [3.63, 3.8) is 0 Å². The SMILES string of the molecule is C[C@@H](C(=O)Nc1ccccc1F)[NH+](C)Cc1ccco1. The van der Waals surface area contributed by atoms with Crippen LogP contribution in [-0.2, 0) is 11.3 Å². The lowest BCUT2D eigenvalue weighted by molar-refractivity contribution is -0.908. The third-order valence-electron chi connectivity index (χ3n) is 3.30. The Hall–Kier alpha value is -2.14. The zero-order chi connectivity index (χ0) is 14.5. The standard InChI is InChI=1S/C15H17FN2O2/c1-11(18(2)10-12-6-5-9-20-12)15(19)17-14-8-4-3-7-13(14)16/h3-9,11H,10H2,1-2H3,(H,17,19)/p+1/t11-/m0/s1. The number of hydrogen-bond donors (Lipinski definition) is 2. The molecule has 0 aliphatic rings. The third kappa shape index (κ3) is 3.45. The lowest BCUT2D eigenvalue weighted by Gasteiger charge is -2.20. The lowest BCUT2D eigenvalue weighted by Crippen LogP contribution is -3.12. The molecule has 1 unspecified atom stereocenters. The predicted octanol–water partition coefficient (Wildman–Crippen LogP) is 1.46. The molecular weight excluding hydrogens is 259 g/mol. The van der Waals surface area contributed by atoms with Crippen LogP contribution in [0, 0.1) is 5.82 Å². The Morgan fingerprint density at radius 2 is 2.10 bits per heavy atom. The van der Waals surface area contributed by atoms with Gasteiger partial charge < -0.3 is 14.6 Å². The average Bonchev–Trinajstić information content (AvgIpc) is 2.93. The molecular formula is C15H18FN2O2+. The first kappa shape index (κ1) is 14.3. The summed E-state index contributed by atoms with van der Waals surface area (Å²) in [7, 11) is 1.90. The number of hydrogen-bond acceptors (Lipinski definition) is 2. The van der Waals surface area contributed by atoms with Crippen LogP contribution < -0.4 is 10.2 Å². The number of carbonyl (C=O) groups is 1. The van der Waals surface area contributed by atoms with E-state index in [1.54, 1.807) is 31.4 Å². The van der Waals surface area contributed by atoms with Gasteiger partial charge in [0.2, 0.25) is 0 Å². The molecule has 1 aromatic carbocycles. The minimum absolute atomic E-state index is 0.204. The van der Waals surface area contributed by atoms with Gasteiger partial charge in [-0.05, 0) is 31.2 Å². The molecule has 1 heterocycles. The molecule has 5 heteroatoms. The minimum Gasteiger partial charge on any atom is -0.463 e. The van der Waals surface area contributed by atoms with Crippen molar-refractivity contribution in [1.29, 1.82) is 0 Å². The first-order valence-electron chi connectivity index (χ1n) is 6.48. The molecule has 0 bridgehead atoms. The van der Waals surface area contributed by atoms with Gasteiger partial charge in [-0.15, -0.1) is 0 Å². The maximum absolute atomic E-state index is 13.5. The molecule has 1 amide bonds. The van der Waals surface area contributed by atoms with Gasteiger partial charge in [-0.2, -0.15) is 0 Å². The molecule has 2 rings (SSSR count). The van der Waals surface area contributed by atoms with E-state index < -0.39 is 5.82 Å². The number of halogens is 1. The summed E-state index contributed by atoms with van der Waals surface area (Å²) in [5, 5.41) is 2.61. The largest absolute Gasteiger partial charge is 0.463 e. The summed E-state index contributed by atoms with van der Waals surface area (Å²) in [4.78, 5) is 13.1. The van der Waals surface area contributed by atoms with E-state index in [1.165, 1.54) is 6.07 Å². The van der Waals surface area contributed by atoms with E-state index in [1.807, 2.05) is 19.2 Å². The maximum Gasteiger partial charge on any atom is 0.282 e. The molecule has 2 atom stereocenters. The highest BCUT2D eigenvalue weighted by atomic mass is 19.1. The first-order chi connectivity index (χ1) is 9.58. The van der Waals surface area contributed by atoms with Crippen molar-refractivity contribution < 1.29 is 18.5 Å². The fourth-order valence-electron chi connectivity index (χ4n) is 1.87. The number of likely N-dealkylation sites (N-methyl/N-ethyl adjacent to an activating group) is 1. The van der Waals surface area contributed by atoms with E-state index in [4.69, 9.17) is 4.42 Å². The zero-order valence-corrected chi connectivity index (χ0v) is 11.5. The smallest absolute Gasteiger partial charge is 0.282 e. The molecule has 1 aromatic heterocycles. The molecule has 4 nitrogen and oxygen atoms in total. The van der Waals surface area contributed by atoms with Gasteiger partial charge in [0, 0.05) is 0 Å². The summed E-state index contributed by atoms with van der Waals surface area (Å²) >= 11 is 0. The fraction of sp³-hybridized carbons (Fsp3) is 0.267. The fourth-order valence-corrected chi connectivity index (χ4v) is 1.87. The van der Waals surface area contributed by atoms with E-state index in [0.717, 1.165) is 10.7 Å². The monoisotopic (exact) mass is 277 g/mol. The van der Waals surface area contributed by atoms with Crippen LogP contribution in [0.3, 0.4) is 0 Å². The number of amides is 1. The Morgan fingerprint density at radius 3 is 2.75 bits per heavy atom. The van der Waals surface area contributed by atoms with Crippen LogP contribution in [0.4, 0.5) is 10.1 Å². The van der Waals surface area contributed by atoms with E-state index in [2.05, 4.69) is 5.32 Å². The van der Waals surface area contributed by atoms with Crippen molar-refractivity contribution in [1.82, 2.24) is 0 Å². The van der Waals surface area contributed by atoms with E-state index >= 15 is 0 Å². The topological polar surface area (TPSA) is 46.7 Å². The average molecular weight is 277 g/mol. The second-order valence-corrected chi connectivity index (χ2v) is 4.79. The third-order valence-corrected chi connectivity index (χ3v) is 3.30. The Bertz CT molecular complexity index is 569. The van der Waals surface area contributed by atoms with Gasteiger partial charge in [-0.1, -0.05) is 12.1 Å². The molecule has 0 aliphatic heterocycles. The quantitative estimate of drug-likeness (QED) is 0.869. The normalized spacial score (nSPS) is 13.8. The number of anilines is 1. The number of para-hydroxylation sites is 1. The molecule has 0 saturated heterocycles. The number of furan rings is 1. The second-order valence-electron chi connectivity index (χ2n) is 4.79. The summed E-state index contributed by atoms with van der Waals surface area (Å²) in [6, 6.07) is 9.49. The van der Waals surface area contributed by atoms with Crippen LogP contribution in [0.1, 0.15) is 12.7 Å². The minimum atomic E-state index is -0.434. The van der Waals surface area contributed by atoms with Crippen LogP contribution in [0.25, 0.3) is 0 Å². The van der Waals surface area contributed by atoms with Crippen LogP contribution >= 0.6 is 0 Å². The Kier molecular flexibility index (Phi) is 4.53. The van der Waals surface area contributed by atoms with E-state index in [-0.39, 0.29) is 17.6 Å². The first-order valence-corrected chi connectivity index (χ1v) is 6.48. The predicted molar refractivity (Wildman–Crippen MR) is 73.8 cm³/mol. The van der Waals surface area contributed by atoms with Crippen molar-refractivity contribution >= 4 is 11.6 Å². The highest BCUT2D eigenvalue weighted by Crippen LogP contribution is 2.12. The van der Waals surface area contributed by atoms with Crippen molar-refractivity contribution in [3.05, 3.63) is 54.2 Å². The summed E-state index contributed by atoms with van der Waals surface area (Å²) < 4.78 is 18.7. The van der Waals surface area contributed by atoms with Crippen LogP contribution in [0.2, 0.25) is 0 Å². The van der Waals surface area contributed by atoms with E-state index in [0.29, 0.717) is 6.54 Å². The molecule has 0 aliphatic carbocycles. The summed E-state index contributed by atoms with van der Waals surface area (Å²) in [5.74, 6) is 0.156. The van der Waals surface area contributed by atoms with Gasteiger partial charge in [0.1, 0.15) is 12.4 Å². The maximum atomic E-state index is 13.5. The second kappa shape index (κ2) is 6.34. The van der Waals surface area contributed by atoms with Crippen molar-refractivity contribution in [2.75, 3.05) is 12.4 Å². The van der Waals surface area contributed by atoms with Crippen LogP contribution in [0.5, 0.6) is 0 Å². The van der Waals surface area contributed by atoms with Gasteiger partial charge in [0.25, 0.3) is 5.91 Å². The Balaban J connectivity index is 1.96. The van der Waals surface area contributed by atoms with Crippen molar-refractivity contribution in [2.45, 2.75) is 19.5 Å². The zero-order valence-electron chi connectivity index (χ0n) is 11.5. The molecule has 0 fully saturated rings. The van der Waals surface area contributed by atoms with Crippen LogP contribution in [0.15, 0.2) is 47.1 Å². The molecule has 106 valence electrons. The number of rotatable bonds is 5. The van der Waals surface area contributed by atoms with Crippen molar-refractivity contribution in [3.8, 4) is 0 Å². The molecule has 0 radical (unpaired) electrons. The molecule has 0 saturated carbocycles. The summed E-state index contributed by atoms with van der Waals surface area (Å²) in [6.45, 7) is 2.40. The molecule has 20 heavy (non-hydrogen) atoms. The van der Waals surface area contributed by atoms with Crippen molar-refractivity contribution in [2.24, 2.45) is 0 Å². The van der Waals surface area contributed by atoms with Gasteiger partial charge in [-0.3, -0.25) is 4.79 Å². The Labute approximate surface area is 117 Å². The van der Waals surface area contributed by atoms with Gasteiger partial charge in [-0.25, -0.2) is 4.39 Å². The van der Waals surface area contributed by atoms with Gasteiger partial charge in [0.05, 0.1) is 19.0 Å². The van der Waals surface area contributed by atoms with Gasteiger partial charge >= 0.3 is 0 Å². The Morgan fingerprint density at radius 1 is 1.35 bits per heavy atom. The summed E-state index contributed by atoms with van der Waals surface area (Å²) in [6.07, 6.45) is 1.60. The van der Waals surface area contributed by atoms with E-state index in [9.17, 15) is 9.18 Å². The highest BCUT2D eigenvalue weighted by Gasteiger charge is 2.23. The number of benzene rings is 1. The number of carbonyl (C=O) groups excluding carboxylic acids is 1. The molecule has 2 N–H and O–H groups in total. The number of nitrogens with one attached hydrogen (secondary N) is 2. The van der Waals surface area contributed by atoms with Gasteiger partial charge in [0.15, 0.2) is 11.8 Å². The molecule has 0 spiro atoms. The highest BCUT2D eigenvalue weighted by molar-refractivity contribution is 5.93.